The molecule has 6 rings (SSSR count). The van der Waals surface area contributed by atoms with Gasteiger partial charge in [-0.15, -0.1) is 4.36 Å². The molecule has 3 aliphatic rings. The van der Waals surface area contributed by atoms with Crippen LogP contribution in [-0.4, -0.2) is 72.2 Å². The average molecular weight is 751 g/mol. The van der Waals surface area contributed by atoms with Crippen molar-refractivity contribution in [3.8, 4) is 5.75 Å². The molecule has 1 fully saturated rings. The Hall–Kier alpha value is -3.97. The van der Waals surface area contributed by atoms with Crippen LogP contribution in [0.2, 0.25) is 5.02 Å². The molecule has 13 heteroatoms. The second-order valence-electron chi connectivity index (χ2n) is 14.1. The number of nitrogens with one attached hydrogen (secondary N) is 1. The van der Waals surface area contributed by atoms with E-state index in [0.717, 1.165) is 43.4 Å². The van der Waals surface area contributed by atoms with E-state index in [1.165, 1.54) is 22.4 Å². The van der Waals surface area contributed by atoms with Crippen molar-refractivity contribution in [2.24, 2.45) is 29.2 Å². The Morgan fingerprint density at radius 1 is 1.06 bits per heavy atom. The van der Waals surface area contributed by atoms with E-state index in [-0.39, 0.29) is 34.6 Å². The fourth-order valence-corrected chi connectivity index (χ4v) is 9.55. The van der Waals surface area contributed by atoms with Crippen molar-refractivity contribution in [2.75, 3.05) is 38.0 Å². The number of hydrogen-bond donors (Lipinski definition) is 1. The summed E-state index contributed by atoms with van der Waals surface area (Å²) in [6, 6.07) is 12.6. The molecule has 3 heterocycles. The molecule has 1 aliphatic carbocycles. The summed E-state index contributed by atoms with van der Waals surface area (Å²) in [6.45, 7) is 3.58. The highest BCUT2D eigenvalue weighted by molar-refractivity contribution is 7.92. The van der Waals surface area contributed by atoms with Gasteiger partial charge in [0.1, 0.15) is 15.7 Å². The number of rotatable bonds is 5. The summed E-state index contributed by atoms with van der Waals surface area (Å²) < 4.78 is 41.3. The van der Waals surface area contributed by atoms with Gasteiger partial charge in [0.15, 0.2) is 6.29 Å². The van der Waals surface area contributed by atoms with Crippen LogP contribution in [0.15, 0.2) is 65.2 Å². The van der Waals surface area contributed by atoms with Gasteiger partial charge in [0.25, 0.3) is 11.8 Å². The molecule has 0 saturated heterocycles. The molecule has 0 radical (unpaired) electrons. The van der Waals surface area contributed by atoms with E-state index in [1.807, 2.05) is 31.2 Å². The van der Waals surface area contributed by atoms with Crippen molar-refractivity contribution < 1.29 is 32.8 Å². The minimum Gasteiger partial charge on any atom is -0.491 e. The van der Waals surface area contributed by atoms with Crippen molar-refractivity contribution in [2.45, 2.75) is 57.8 Å². The number of benzene rings is 2. The zero-order chi connectivity index (χ0) is 37.0. The minimum absolute atomic E-state index is 0.120. The molecule has 2 amide bonds. The molecular weight excluding hydrogens is 704 g/mol. The van der Waals surface area contributed by atoms with Gasteiger partial charge in [0.05, 0.1) is 41.5 Å². The van der Waals surface area contributed by atoms with Crippen molar-refractivity contribution in [1.82, 2.24) is 9.29 Å². The first kappa shape index (κ1) is 37.8. The third-order valence-corrected chi connectivity index (χ3v) is 12.7. The molecule has 2 aromatic carbocycles. The van der Waals surface area contributed by atoms with Gasteiger partial charge < -0.3 is 23.7 Å². The Bertz CT molecular complexity index is 1970. The molecule has 0 spiro atoms. The molecule has 1 unspecified atom stereocenters. The number of ether oxygens (including phenoxy) is 3. The van der Waals surface area contributed by atoms with E-state index >= 15 is 0 Å². The summed E-state index contributed by atoms with van der Waals surface area (Å²) in [5, 5.41) is 0.692. The maximum atomic E-state index is 14.7. The number of carbonyl (C=O) groups is 3. The van der Waals surface area contributed by atoms with Crippen LogP contribution in [0.25, 0.3) is 0 Å². The van der Waals surface area contributed by atoms with Gasteiger partial charge in [-0.3, -0.25) is 19.1 Å². The lowest BCUT2D eigenvalue weighted by molar-refractivity contribution is 0.0122. The summed E-state index contributed by atoms with van der Waals surface area (Å²) in [4.78, 5) is 41.3. The van der Waals surface area contributed by atoms with Crippen LogP contribution in [0.4, 0.5) is 5.69 Å². The zero-order valence-corrected chi connectivity index (χ0v) is 31.7. The van der Waals surface area contributed by atoms with Crippen molar-refractivity contribution in [1.29, 1.82) is 0 Å². The second-order valence-corrected chi connectivity index (χ2v) is 16.5. The molecule has 6 atom stereocenters. The van der Waals surface area contributed by atoms with Gasteiger partial charge in [-0.2, -0.15) is 0 Å². The van der Waals surface area contributed by atoms with E-state index < -0.39 is 33.8 Å². The summed E-state index contributed by atoms with van der Waals surface area (Å²) in [6.07, 6.45) is 9.98. The number of fused-ring (bicyclic) bond motifs is 3. The smallest absolute Gasteiger partial charge is 0.286 e. The molecular formula is C39H47ClN4O7S. The van der Waals surface area contributed by atoms with Gasteiger partial charge in [-0.05, 0) is 97.4 Å². The fourth-order valence-electron chi connectivity index (χ4n) is 7.47. The second kappa shape index (κ2) is 16.4. The molecule has 1 N–H and O–H groups in total. The van der Waals surface area contributed by atoms with Crippen molar-refractivity contribution >= 4 is 45.3 Å². The summed E-state index contributed by atoms with van der Waals surface area (Å²) in [5.74, 6) is -0.879. The van der Waals surface area contributed by atoms with Crippen LogP contribution in [0.3, 0.4) is 0 Å². The van der Waals surface area contributed by atoms with Crippen LogP contribution in [0.5, 0.6) is 5.75 Å². The SMILES string of the molecule is CO[C@H]1/C=C/[C@H](OC)[C@H](C)CS(=O)(NC(=O)c2cc(C=O)n(C)c2)=NC(=O)c2ccc3c(c2)N(Cc2ccc(Cl)cc2CCCCO3)C[C@@H]2CC[C@H]21. The number of nitrogens with zero attached hydrogens (tertiary/aromatic N) is 3. The van der Waals surface area contributed by atoms with Crippen molar-refractivity contribution in [3.05, 3.63) is 93.8 Å². The van der Waals surface area contributed by atoms with Gasteiger partial charge in [-0.1, -0.05) is 36.7 Å². The largest absolute Gasteiger partial charge is 0.491 e. The lowest BCUT2D eigenvalue weighted by atomic mass is 9.70. The number of halogens is 1. The number of aryl methyl sites for hydroxylation is 2. The minimum atomic E-state index is -3.72. The Kier molecular flexibility index (Phi) is 11.9. The van der Waals surface area contributed by atoms with Gasteiger partial charge in [0, 0.05) is 51.1 Å². The number of aldehydes is 1. The Labute approximate surface area is 311 Å². The Morgan fingerprint density at radius 2 is 1.85 bits per heavy atom. The molecule has 52 heavy (non-hydrogen) atoms. The highest BCUT2D eigenvalue weighted by Gasteiger charge is 2.38. The molecule has 3 aromatic rings. The highest BCUT2D eigenvalue weighted by Crippen LogP contribution is 2.42. The van der Waals surface area contributed by atoms with Crippen LogP contribution in [0, 0.1) is 17.8 Å². The fraction of sp³-hybridized carbons (Fsp3) is 0.462. The molecule has 278 valence electrons. The van der Waals surface area contributed by atoms with Gasteiger partial charge in [-0.25, -0.2) is 4.21 Å². The first-order valence-electron chi connectivity index (χ1n) is 17.8. The van der Waals surface area contributed by atoms with E-state index in [1.54, 1.807) is 39.5 Å². The van der Waals surface area contributed by atoms with E-state index in [4.69, 9.17) is 25.8 Å². The maximum absolute atomic E-state index is 14.7. The monoisotopic (exact) mass is 750 g/mol. The highest BCUT2D eigenvalue weighted by atomic mass is 35.5. The standard InChI is InChI=1S/C39H47ClN4O7S/c1-25-24-52(48,42-39(47)30-18-32(23-45)43(2)20-30)41-38(46)27-10-13-37-34(19-27)44(21-28-8-11-31(40)17-26(28)7-5-6-16-51-37)22-29-9-12-33(29)36(50-4)15-14-35(25)49-3/h8,10-11,13-15,17-20,23,25,29,33,35-36H,5-7,9,12,16,21-22,24H2,1-4H3,(H,41,42,46,47,48)/b15-14+/t25-,29+,33-,35+,36+,52?/m1/s1. The lowest BCUT2D eigenvalue weighted by Gasteiger charge is -2.43. The molecule has 1 saturated carbocycles. The number of anilines is 1. The molecule has 11 nitrogen and oxygen atoms in total. The van der Waals surface area contributed by atoms with E-state index in [2.05, 4.69) is 20.1 Å². The van der Waals surface area contributed by atoms with Crippen LogP contribution in [-0.2, 0) is 39.4 Å². The predicted octanol–water partition coefficient (Wildman–Crippen LogP) is 6.43. The zero-order valence-electron chi connectivity index (χ0n) is 30.1. The summed E-state index contributed by atoms with van der Waals surface area (Å²) >= 11 is 6.46. The topological polar surface area (TPSA) is 129 Å². The molecule has 2 aliphatic heterocycles. The normalized spacial score (nSPS) is 27.4. The molecule has 1 aromatic heterocycles. The maximum Gasteiger partial charge on any atom is 0.286 e. The summed E-state index contributed by atoms with van der Waals surface area (Å²) in [7, 11) is 1.18. The number of amides is 2. The van der Waals surface area contributed by atoms with Gasteiger partial charge in [0.2, 0.25) is 0 Å². The Balaban J connectivity index is 1.47. The van der Waals surface area contributed by atoms with Crippen molar-refractivity contribution in [3.63, 3.8) is 0 Å². The first-order valence-corrected chi connectivity index (χ1v) is 19.8. The van der Waals surface area contributed by atoms with E-state index in [9.17, 15) is 18.6 Å². The van der Waals surface area contributed by atoms with E-state index in [0.29, 0.717) is 42.7 Å². The quantitative estimate of drug-likeness (QED) is 0.234. The first-order chi connectivity index (χ1) is 25.0. The summed E-state index contributed by atoms with van der Waals surface area (Å²) in [5.41, 5.74) is 3.67. The number of aromatic nitrogens is 1. The number of methoxy groups -OCH3 is 2. The lowest BCUT2D eigenvalue weighted by Crippen LogP contribution is -2.43. The molecule has 2 bridgehead atoms. The Morgan fingerprint density at radius 3 is 2.56 bits per heavy atom. The third kappa shape index (κ3) is 8.46. The van der Waals surface area contributed by atoms with Gasteiger partial charge >= 0.3 is 0 Å². The predicted molar refractivity (Wildman–Crippen MR) is 202 cm³/mol. The van der Waals surface area contributed by atoms with Crippen LogP contribution in [0.1, 0.15) is 74.9 Å². The third-order valence-electron chi connectivity index (χ3n) is 10.5. The van der Waals surface area contributed by atoms with Crippen LogP contribution >= 0.6 is 11.6 Å². The number of carbonyl (C=O) groups excluding carboxylic acids is 3. The van der Waals surface area contributed by atoms with Crippen LogP contribution < -0.4 is 14.4 Å². The average Bonchev–Trinajstić information content (AvgIpc) is 3.48. The number of hydrogen-bond acceptors (Lipinski definition) is 8.